The molecule has 0 N–H and O–H groups in total. The van der Waals surface area contributed by atoms with Crippen molar-refractivity contribution in [2.75, 3.05) is 11.4 Å². The molecule has 0 amide bonds. The summed E-state index contributed by atoms with van der Waals surface area (Å²) in [5.74, 6) is 2.74. The van der Waals surface area contributed by atoms with Gasteiger partial charge in [-0.2, -0.15) is 0 Å². The van der Waals surface area contributed by atoms with E-state index in [1.54, 1.807) is 17.3 Å². The smallest absolute Gasteiger partial charge is 0.0414 e. The molecular formula is C39H55NS. The molecule has 5 rings (SSSR count). The molecule has 0 aliphatic heterocycles. The standard InChI is InChI=1S/C37H49NS.C2H6/c1-6-31-19-22-36(23-26(31)2)34-17-15-30(16-18-34)25-38(27(3)32-11-8-7-9-12-32)37-14-10-13-35(24-37)29(5)39-28(4)33-20-21-33;1-2/h10,13-14,19,22-24,30,32-34H,3-9,11-12,15-18,20-21,25H2,1-2H3;1-2H3. The van der Waals surface area contributed by atoms with Crippen LogP contribution in [0, 0.1) is 24.7 Å². The van der Waals surface area contributed by atoms with Crippen molar-refractivity contribution in [2.45, 2.75) is 111 Å². The topological polar surface area (TPSA) is 3.24 Å². The lowest BCUT2D eigenvalue weighted by atomic mass is 9.77. The fourth-order valence-electron chi connectivity index (χ4n) is 6.90. The third kappa shape index (κ3) is 8.44. The first-order valence-electron chi connectivity index (χ1n) is 16.6. The molecule has 0 bridgehead atoms. The second-order valence-electron chi connectivity index (χ2n) is 12.5. The van der Waals surface area contributed by atoms with Gasteiger partial charge in [-0.1, -0.05) is 102 Å². The van der Waals surface area contributed by atoms with Gasteiger partial charge in [0.2, 0.25) is 0 Å². The van der Waals surface area contributed by atoms with E-state index >= 15 is 0 Å². The van der Waals surface area contributed by atoms with Crippen LogP contribution in [0.5, 0.6) is 0 Å². The SMILES string of the molecule is C=C(SC(=C)C1CC1)c1cccc(N(CC2CCC(c3ccc(CC)c(C)c3)CC2)C(=C)C2CCCCC2)c1.CC. The molecule has 2 aromatic rings. The Morgan fingerprint density at radius 1 is 0.829 bits per heavy atom. The van der Waals surface area contributed by atoms with E-state index in [1.807, 2.05) is 13.8 Å². The van der Waals surface area contributed by atoms with Crippen LogP contribution in [-0.4, -0.2) is 6.54 Å². The molecule has 0 unspecified atom stereocenters. The summed E-state index contributed by atoms with van der Waals surface area (Å²) in [5.41, 5.74) is 8.39. The molecule has 0 radical (unpaired) electrons. The Morgan fingerprint density at radius 2 is 1.54 bits per heavy atom. The van der Waals surface area contributed by atoms with Crippen LogP contribution in [0.3, 0.4) is 0 Å². The lowest BCUT2D eigenvalue weighted by molar-refractivity contribution is 0.323. The molecule has 3 saturated carbocycles. The summed E-state index contributed by atoms with van der Waals surface area (Å²) in [6.45, 7) is 23.1. The molecule has 2 heteroatoms. The molecule has 3 aliphatic carbocycles. The summed E-state index contributed by atoms with van der Waals surface area (Å²) in [6, 6.07) is 16.3. The number of nitrogens with zero attached hydrogens (tertiary/aromatic N) is 1. The summed E-state index contributed by atoms with van der Waals surface area (Å²) in [5, 5.41) is 0. The summed E-state index contributed by atoms with van der Waals surface area (Å²) in [6.07, 6.45) is 15.6. The Kier molecular flexibility index (Phi) is 11.9. The molecule has 3 fully saturated rings. The predicted molar refractivity (Wildman–Crippen MR) is 185 cm³/mol. The number of aryl methyl sites for hydroxylation is 2. The van der Waals surface area contributed by atoms with Crippen LogP contribution in [0.15, 0.2) is 72.8 Å². The normalized spacial score (nSPS) is 21.0. The van der Waals surface area contributed by atoms with Gasteiger partial charge in [0.15, 0.2) is 0 Å². The van der Waals surface area contributed by atoms with Crippen LogP contribution < -0.4 is 4.90 Å². The third-order valence-corrected chi connectivity index (χ3v) is 10.8. The van der Waals surface area contributed by atoms with E-state index in [4.69, 9.17) is 6.58 Å². The quantitative estimate of drug-likeness (QED) is 0.265. The van der Waals surface area contributed by atoms with E-state index in [1.165, 1.54) is 104 Å². The van der Waals surface area contributed by atoms with E-state index in [0.717, 1.165) is 17.9 Å². The first-order valence-corrected chi connectivity index (χ1v) is 17.5. The van der Waals surface area contributed by atoms with Crippen LogP contribution in [-0.2, 0) is 6.42 Å². The van der Waals surface area contributed by atoms with Crippen LogP contribution in [0.4, 0.5) is 5.69 Å². The average molecular weight is 570 g/mol. The minimum atomic E-state index is 0.617. The molecule has 41 heavy (non-hydrogen) atoms. The molecule has 2 aromatic carbocycles. The largest absolute Gasteiger partial charge is 0.345 e. The first kappa shape index (κ1) is 31.7. The molecule has 0 heterocycles. The maximum absolute atomic E-state index is 4.75. The van der Waals surface area contributed by atoms with Crippen molar-refractivity contribution >= 4 is 22.4 Å². The van der Waals surface area contributed by atoms with E-state index in [9.17, 15) is 0 Å². The Labute approximate surface area is 256 Å². The van der Waals surface area contributed by atoms with Gasteiger partial charge in [0, 0.05) is 22.8 Å². The summed E-state index contributed by atoms with van der Waals surface area (Å²) < 4.78 is 0. The monoisotopic (exact) mass is 569 g/mol. The Bertz CT molecular complexity index is 1170. The minimum absolute atomic E-state index is 0.617. The minimum Gasteiger partial charge on any atom is -0.345 e. The molecule has 3 aliphatic rings. The molecule has 222 valence electrons. The first-order chi connectivity index (χ1) is 19.9. The van der Waals surface area contributed by atoms with Gasteiger partial charge < -0.3 is 4.90 Å². The highest BCUT2D eigenvalue weighted by molar-refractivity contribution is 8.11. The zero-order chi connectivity index (χ0) is 29.4. The number of hydrogen-bond acceptors (Lipinski definition) is 2. The van der Waals surface area contributed by atoms with Gasteiger partial charge in [0.1, 0.15) is 0 Å². The van der Waals surface area contributed by atoms with E-state index in [2.05, 4.69) is 74.4 Å². The van der Waals surface area contributed by atoms with E-state index in [-0.39, 0.29) is 0 Å². The number of anilines is 1. The highest BCUT2D eigenvalue weighted by atomic mass is 32.2. The van der Waals surface area contributed by atoms with Crippen LogP contribution in [0.2, 0.25) is 0 Å². The van der Waals surface area contributed by atoms with Crippen LogP contribution in [0.1, 0.15) is 120 Å². The fourth-order valence-corrected chi connectivity index (χ4v) is 7.87. The zero-order valence-electron chi connectivity index (χ0n) is 26.5. The lowest BCUT2D eigenvalue weighted by Gasteiger charge is -2.38. The van der Waals surface area contributed by atoms with Crippen molar-refractivity contribution in [3.8, 4) is 0 Å². The number of benzene rings is 2. The molecule has 0 spiro atoms. The van der Waals surface area contributed by atoms with E-state index < -0.39 is 0 Å². The molecule has 0 atom stereocenters. The third-order valence-electron chi connectivity index (χ3n) is 9.70. The second-order valence-corrected chi connectivity index (χ2v) is 13.7. The van der Waals surface area contributed by atoms with Gasteiger partial charge >= 0.3 is 0 Å². The van der Waals surface area contributed by atoms with Gasteiger partial charge in [-0.3, -0.25) is 0 Å². The average Bonchev–Trinajstić information content (AvgIpc) is 3.87. The molecule has 0 saturated heterocycles. The predicted octanol–water partition coefficient (Wildman–Crippen LogP) is 12.1. The molecular weight excluding hydrogens is 515 g/mol. The lowest BCUT2D eigenvalue weighted by Crippen LogP contribution is -2.34. The van der Waals surface area contributed by atoms with E-state index in [0.29, 0.717) is 23.7 Å². The maximum atomic E-state index is 4.75. The van der Waals surface area contributed by atoms with Gasteiger partial charge in [-0.15, -0.1) is 0 Å². The number of thioether (sulfide) groups is 1. The van der Waals surface area contributed by atoms with Gasteiger partial charge in [-0.05, 0) is 128 Å². The van der Waals surface area contributed by atoms with Crippen LogP contribution in [0.25, 0.3) is 4.91 Å². The maximum Gasteiger partial charge on any atom is 0.0414 e. The van der Waals surface area contributed by atoms with Crippen molar-refractivity contribution in [2.24, 2.45) is 17.8 Å². The Hall–Kier alpha value is -2.19. The van der Waals surface area contributed by atoms with Gasteiger partial charge in [0.25, 0.3) is 0 Å². The van der Waals surface area contributed by atoms with Crippen molar-refractivity contribution in [3.05, 3.63) is 95.1 Å². The Balaban J connectivity index is 0.00000189. The number of rotatable bonds is 11. The highest BCUT2D eigenvalue weighted by Gasteiger charge is 2.29. The van der Waals surface area contributed by atoms with Crippen molar-refractivity contribution in [3.63, 3.8) is 0 Å². The zero-order valence-corrected chi connectivity index (χ0v) is 27.3. The molecule has 1 nitrogen and oxygen atoms in total. The fraction of sp³-hybridized carbons (Fsp3) is 0.538. The summed E-state index contributed by atoms with van der Waals surface area (Å²) in [7, 11) is 0. The van der Waals surface area contributed by atoms with Crippen molar-refractivity contribution < 1.29 is 0 Å². The number of allylic oxidation sites excluding steroid dienone is 2. The summed E-state index contributed by atoms with van der Waals surface area (Å²) >= 11 is 1.79. The Morgan fingerprint density at radius 3 is 2.17 bits per heavy atom. The highest BCUT2D eigenvalue weighted by Crippen LogP contribution is 2.46. The number of hydrogen-bond donors (Lipinski definition) is 0. The van der Waals surface area contributed by atoms with Crippen molar-refractivity contribution in [1.82, 2.24) is 0 Å². The van der Waals surface area contributed by atoms with Gasteiger partial charge in [0.05, 0.1) is 0 Å². The van der Waals surface area contributed by atoms with Gasteiger partial charge in [-0.25, -0.2) is 0 Å². The summed E-state index contributed by atoms with van der Waals surface area (Å²) in [4.78, 5) is 5.02. The molecule has 0 aromatic heterocycles. The van der Waals surface area contributed by atoms with Crippen LogP contribution >= 0.6 is 11.8 Å². The second kappa shape index (κ2) is 15.3. The van der Waals surface area contributed by atoms with Crippen molar-refractivity contribution in [1.29, 1.82) is 0 Å².